The van der Waals surface area contributed by atoms with Gasteiger partial charge in [0.25, 0.3) is 5.88 Å². The molecule has 0 spiro atoms. The number of nitrogens with zero attached hydrogens (tertiary/aromatic N) is 3. The second kappa shape index (κ2) is 5.21. The van der Waals surface area contributed by atoms with Gasteiger partial charge in [-0.05, 0) is 30.7 Å². The van der Waals surface area contributed by atoms with Crippen molar-refractivity contribution in [3.8, 4) is 11.6 Å². The predicted molar refractivity (Wildman–Crippen MR) is 86.7 cm³/mol. The van der Waals surface area contributed by atoms with Gasteiger partial charge >= 0.3 is 0 Å². The van der Waals surface area contributed by atoms with Crippen molar-refractivity contribution in [1.29, 1.82) is 0 Å². The van der Waals surface area contributed by atoms with E-state index in [-0.39, 0.29) is 10.9 Å². The number of aromatic nitrogens is 3. The summed E-state index contributed by atoms with van der Waals surface area (Å²) < 4.78 is 21.6. The number of hydrogen-bond donors (Lipinski definition) is 0. The first-order chi connectivity index (χ1) is 11.1. The summed E-state index contributed by atoms with van der Waals surface area (Å²) >= 11 is 6.12. The van der Waals surface area contributed by atoms with E-state index in [1.54, 1.807) is 22.7 Å². The van der Waals surface area contributed by atoms with Gasteiger partial charge in [-0.15, -0.1) is 0 Å². The van der Waals surface area contributed by atoms with Crippen LogP contribution in [0.4, 0.5) is 4.39 Å². The Morgan fingerprint density at radius 1 is 1.09 bits per heavy atom. The van der Waals surface area contributed by atoms with Crippen molar-refractivity contribution < 1.29 is 9.13 Å². The second-order valence-electron chi connectivity index (χ2n) is 5.13. The molecule has 3 heterocycles. The number of pyridine rings is 2. The van der Waals surface area contributed by atoms with E-state index in [0.717, 1.165) is 5.56 Å². The normalized spacial score (nSPS) is 11.3. The standard InChI is InChI=1S/C17H11ClFN3O/c1-10-6-5-9-22-14-12(18)15(19)21-17(13(14)20-16(10)22)23-11-7-3-2-4-8-11/h2-9H,1H3. The number of hydrogen-bond acceptors (Lipinski definition) is 3. The van der Waals surface area contributed by atoms with Crippen molar-refractivity contribution in [3.63, 3.8) is 0 Å². The first-order valence-electron chi connectivity index (χ1n) is 7.00. The van der Waals surface area contributed by atoms with Gasteiger partial charge in [0.05, 0.1) is 0 Å². The lowest BCUT2D eigenvalue weighted by molar-refractivity contribution is 0.451. The number of para-hydroxylation sites is 1. The quantitative estimate of drug-likeness (QED) is 0.498. The van der Waals surface area contributed by atoms with Gasteiger partial charge in [0.15, 0.2) is 5.52 Å². The summed E-state index contributed by atoms with van der Waals surface area (Å²) in [6, 6.07) is 12.8. The van der Waals surface area contributed by atoms with Crippen molar-refractivity contribution >= 4 is 28.3 Å². The second-order valence-corrected chi connectivity index (χ2v) is 5.51. The Balaban J connectivity index is 2.03. The van der Waals surface area contributed by atoms with Crippen molar-refractivity contribution in [2.24, 2.45) is 0 Å². The Bertz CT molecular complexity index is 1030. The van der Waals surface area contributed by atoms with E-state index >= 15 is 0 Å². The molecule has 0 N–H and O–H groups in total. The molecule has 0 fully saturated rings. The van der Waals surface area contributed by atoms with Gasteiger partial charge in [-0.1, -0.05) is 35.9 Å². The third-order valence-corrected chi connectivity index (χ3v) is 3.93. The summed E-state index contributed by atoms with van der Waals surface area (Å²) in [6.07, 6.45) is 1.79. The molecule has 114 valence electrons. The van der Waals surface area contributed by atoms with Gasteiger partial charge in [-0.3, -0.25) is 4.40 Å². The fourth-order valence-electron chi connectivity index (χ4n) is 2.52. The first-order valence-corrected chi connectivity index (χ1v) is 7.38. The Morgan fingerprint density at radius 3 is 2.65 bits per heavy atom. The van der Waals surface area contributed by atoms with E-state index < -0.39 is 5.95 Å². The monoisotopic (exact) mass is 327 g/mol. The van der Waals surface area contributed by atoms with Crippen LogP contribution in [0.5, 0.6) is 11.6 Å². The van der Waals surface area contributed by atoms with Crippen LogP contribution in [0.1, 0.15) is 5.56 Å². The molecule has 6 heteroatoms. The lowest BCUT2D eigenvalue weighted by atomic mass is 10.3. The largest absolute Gasteiger partial charge is 0.437 e. The highest BCUT2D eigenvalue weighted by molar-refractivity contribution is 6.35. The number of aryl methyl sites for hydroxylation is 1. The van der Waals surface area contributed by atoms with Crippen LogP contribution in [-0.4, -0.2) is 14.4 Å². The number of ether oxygens (including phenoxy) is 1. The molecule has 4 rings (SSSR count). The minimum atomic E-state index is -0.784. The molecular formula is C17H11ClFN3O. The molecule has 0 saturated carbocycles. The van der Waals surface area contributed by atoms with E-state index in [1.807, 2.05) is 37.3 Å². The minimum Gasteiger partial charge on any atom is -0.437 e. The molecule has 1 aromatic carbocycles. The van der Waals surface area contributed by atoms with E-state index in [4.69, 9.17) is 16.3 Å². The molecule has 4 nitrogen and oxygen atoms in total. The fourth-order valence-corrected chi connectivity index (χ4v) is 2.75. The number of benzene rings is 1. The summed E-state index contributed by atoms with van der Waals surface area (Å²) in [6.45, 7) is 1.93. The first kappa shape index (κ1) is 14.0. The molecule has 0 unspecified atom stereocenters. The Labute approximate surface area is 136 Å². The van der Waals surface area contributed by atoms with Crippen molar-refractivity contribution in [2.45, 2.75) is 6.92 Å². The van der Waals surface area contributed by atoms with Gasteiger partial charge in [0.2, 0.25) is 5.95 Å². The van der Waals surface area contributed by atoms with Gasteiger partial charge in [0.1, 0.15) is 21.9 Å². The minimum absolute atomic E-state index is 0.0708. The van der Waals surface area contributed by atoms with Crippen LogP contribution < -0.4 is 4.74 Å². The summed E-state index contributed by atoms with van der Waals surface area (Å²) in [7, 11) is 0. The number of rotatable bonds is 2. The summed E-state index contributed by atoms with van der Waals surface area (Å²) in [4.78, 5) is 8.36. The maximum Gasteiger partial charge on any atom is 0.250 e. The maximum absolute atomic E-state index is 14.2. The summed E-state index contributed by atoms with van der Waals surface area (Å²) in [5.41, 5.74) is 2.51. The summed E-state index contributed by atoms with van der Waals surface area (Å²) in [5, 5.41) is -0.0708. The van der Waals surface area contributed by atoms with Crippen LogP contribution in [0.25, 0.3) is 16.7 Å². The molecule has 0 saturated heterocycles. The molecule has 3 aromatic heterocycles. The Hall–Kier alpha value is -2.66. The average Bonchev–Trinajstić information content (AvgIpc) is 2.95. The molecule has 0 aliphatic heterocycles. The topological polar surface area (TPSA) is 39.4 Å². The predicted octanol–water partition coefficient (Wildman–Crippen LogP) is 4.78. The zero-order valence-electron chi connectivity index (χ0n) is 12.1. The molecule has 0 amide bonds. The van der Waals surface area contributed by atoms with Crippen LogP contribution in [-0.2, 0) is 0 Å². The van der Waals surface area contributed by atoms with Crippen molar-refractivity contribution in [2.75, 3.05) is 0 Å². The van der Waals surface area contributed by atoms with Gasteiger partial charge in [-0.25, -0.2) is 4.98 Å². The zero-order chi connectivity index (χ0) is 16.0. The molecule has 4 aromatic rings. The van der Waals surface area contributed by atoms with E-state index in [0.29, 0.717) is 22.4 Å². The molecule has 0 aliphatic rings. The molecule has 0 radical (unpaired) electrons. The Morgan fingerprint density at radius 2 is 1.87 bits per heavy atom. The van der Waals surface area contributed by atoms with Crippen LogP contribution in [0.15, 0.2) is 48.7 Å². The highest BCUT2D eigenvalue weighted by atomic mass is 35.5. The van der Waals surface area contributed by atoms with Gasteiger partial charge < -0.3 is 4.74 Å². The SMILES string of the molecule is Cc1cccn2c1nc1c(Oc3ccccc3)nc(F)c(Cl)c12. The van der Waals surface area contributed by atoms with Crippen LogP contribution in [0.3, 0.4) is 0 Å². The fraction of sp³-hybridized carbons (Fsp3) is 0.0588. The molecule has 0 aliphatic carbocycles. The van der Waals surface area contributed by atoms with Crippen LogP contribution >= 0.6 is 11.6 Å². The summed E-state index contributed by atoms with van der Waals surface area (Å²) in [5.74, 6) is -0.138. The lowest BCUT2D eigenvalue weighted by Crippen LogP contribution is -1.95. The van der Waals surface area contributed by atoms with E-state index in [1.165, 1.54) is 0 Å². The molecule has 0 atom stereocenters. The number of fused-ring (bicyclic) bond motifs is 3. The van der Waals surface area contributed by atoms with Crippen molar-refractivity contribution in [3.05, 3.63) is 65.2 Å². The van der Waals surface area contributed by atoms with E-state index in [2.05, 4.69) is 9.97 Å². The number of halogens is 2. The molecule has 0 bridgehead atoms. The zero-order valence-corrected chi connectivity index (χ0v) is 12.9. The maximum atomic E-state index is 14.2. The highest BCUT2D eigenvalue weighted by Crippen LogP contribution is 2.34. The Kier molecular flexibility index (Phi) is 3.16. The smallest absolute Gasteiger partial charge is 0.250 e. The van der Waals surface area contributed by atoms with Crippen LogP contribution in [0.2, 0.25) is 5.02 Å². The lowest BCUT2D eigenvalue weighted by Gasteiger charge is -2.06. The van der Waals surface area contributed by atoms with Crippen molar-refractivity contribution in [1.82, 2.24) is 14.4 Å². The van der Waals surface area contributed by atoms with Crippen LogP contribution in [0, 0.1) is 12.9 Å². The number of imidazole rings is 1. The molecular weight excluding hydrogens is 317 g/mol. The average molecular weight is 328 g/mol. The van der Waals surface area contributed by atoms with Gasteiger partial charge in [-0.2, -0.15) is 9.37 Å². The van der Waals surface area contributed by atoms with Gasteiger partial charge in [0, 0.05) is 6.20 Å². The van der Waals surface area contributed by atoms with E-state index in [9.17, 15) is 4.39 Å². The molecule has 23 heavy (non-hydrogen) atoms. The highest BCUT2D eigenvalue weighted by Gasteiger charge is 2.20. The third kappa shape index (κ3) is 2.21. The third-order valence-electron chi connectivity index (χ3n) is 3.59.